The average molecular weight is 479 g/mol. The van der Waals surface area contributed by atoms with Crippen molar-refractivity contribution in [2.75, 3.05) is 18.8 Å². The number of aromatic nitrogens is 2. The van der Waals surface area contributed by atoms with Crippen molar-refractivity contribution in [3.8, 4) is 16.9 Å². The first-order valence-electron chi connectivity index (χ1n) is 12.3. The molecule has 2 N–H and O–H groups in total. The molecule has 2 heterocycles. The van der Waals surface area contributed by atoms with Crippen molar-refractivity contribution >= 4 is 5.82 Å². The number of hydrogen-bond donors (Lipinski definition) is 1. The molecule has 0 fully saturated rings. The SMILES string of the molecule is CCCCN(CCCC)C1=C(C)C(n2cc(-c3cnc(N)c(OC(F)(F)F)c3)cc2CCC)C1. The summed E-state index contributed by atoms with van der Waals surface area (Å²) < 4.78 is 44.7. The lowest BCUT2D eigenvalue weighted by Gasteiger charge is -2.41. The fraction of sp³-hybridized carbons (Fsp3) is 0.577. The number of nitrogen functional groups attached to an aromatic ring is 1. The van der Waals surface area contributed by atoms with E-state index in [9.17, 15) is 13.2 Å². The third-order valence-electron chi connectivity index (χ3n) is 6.50. The van der Waals surface area contributed by atoms with E-state index in [2.05, 4.69) is 46.9 Å². The lowest BCUT2D eigenvalue weighted by atomic mass is 9.87. The van der Waals surface area contributed by atoms with Crippen LogP contribution in [0.15, 0.2) is 35.8 Å². The molecule has 0 saturated carbocycles. The lowest BCUT2D eigenvalue weighted by Crippen LogP contribution is -2.35. The summed E-state index contributed by atoms with van der Waals surface area (Å²) >= 11 is 0. The highest BCUT2D eigenvalue weighted by Gasteiger charge is 2.33. The Balaban J connectivity index is 1.90. The Morgan fingerprint density at radius 3 is 2.32 bits per heavy atom. The van der Waals surface area contributed by atoms with Gasteiger partial charge in [0.2, 0.25) is 0 Å². The number of aryl methyl sites for hydroxylation is 1. The molecule has 34 heavy (non-hydrogen) atoms. The van der Waals surface area contributed by atoms with Gasteiger partial charge in [-0.1, -0.05) is 40.0 Å². The number of rotatable bonds is 12. The van der Waals surface area contributed by atoms with Gasteiger partial charge in [-0.15, -0.1) is 13.2 Å². The van der Waals surface area contributed by atoms with Gasteiger partial charge in [-0.3, -0.25) is 0 Å². The number of halogens is 3. The summed E-state index contributed by atoms with van der Waals surface area (Å²) in [5.74, 6) is -0.754. The molecule has 0 spiro atoms. The van der Waals surface area contributed by atoms with Crippen LogP contribution in [0.1, 0.15) is 78.0 Å². The summed E-state index contributed by atoms with van der Waals surface area (Å²) in [7, 11) is 0. The maximum atomic E-state index is 12.8. The third-order valence-corrected chi connectivity index (χ3v) is 6.50. The van der Waals surface area contributed by atoms with Gasteiger partial charge < -0.3 is 19.9 Å². The zero-order chi connectivity index (χ0) is 24.9. The van der Waals surface area contributed by atoms with Gasteiger partial charge in [-0.05, 0) is 43.9 Å². The first-order valence-corrected chi connectivity index (χ1v) is 12.3. The molecule has 0 saturated heterocycles. The van der Waals surface area contributed by atoms with Crippen LogP contribution in [0.3, 0.4) is 0 Å². The highest BCUT2D eigenvalue weighted by Crippen LogP contribution is 2.43. The van der Waals surface area contributed by atoms with Gasteiger partial charge in [-0.2, -0.15) is 0 Å². The molecule has 3 rings (SSSR count). The van der Waals surface area contributed by atoms with E-state index in [1.165, 1.54) is 54.9 Å². The summed E-state index contributed by atoms with van der Waals surface area (Å²) in [6, 6.07) is 3.63. The van der Waals surface area contributed by atoms with E-state index in [0.717, 1.165) is 37.9 Å². The van der Waals surface area contributed by atoms with Crippen molar-refractivity contribution in [2.24, 2.45) is 0 Å². The van der Waals surface area contributed by atoms with Gasteiger partial charge in [0.05, 0.1) is 6.04 Å². The number of nitrogens with two attached hydrogens (primary N) is 1. The third kappa shape index (κ3) is 6.07. The Labute approximate surface area is 200 Å². The highest BCUT2D eigenvalue weighted by atomic mass is 19.4. The predicted molar refractivity (Wildman–Crippen MR) is 130 cm³/mol. The number of hydrogen-bond acceptors (Lipinski definition) is 4. The number of nitrogens with zero attached hydrogens (tertiary/aromatic N) is 3. The minimum Gasteiger partial charge on any atom is -0.402 e. The summed E-state index contributed by atoms with van der Waals surface area (Å²) in [5.41, 5.74) is 11.0. The number of alkyl halides is 3. The molecule has 2 aromatic rings. The van der Waals surface area contributed by atoms with Crippen LogP contribution in [-0.4, -0.2) is 33.9 Å². The summed E-state index contributed by atoms with van der Waals surface area (Å²) in [6.07, 6.45) is 6.29. The highest BCUT2D eigenvalue weighted by molar-refractivity contribution is 5.67. The molecule has 0 amide bonds. The average Bonchev–Trinajstić information content (AvgIpc) is 3.18. The van der Waals surface area contributed by atoms with E-state index in [0.29, 0.717) is 5.56 Å². The number of allylic oxidation sites excluding steroid dienone is 2. The van der Waals surface area contributed by atoms with Crippen molar-refractivity contribution in [3.05, 3.63) is 41.5 Å². The molecule has 8 heteroatoms. The first-order chi connectivity index (χ1) is 16.2. The topological polar surface area (TPSA) is 56.3 Å². The first kappa shape index (κ1) is 26.0. The second-order valence-electron chi connectivity index (χ2n) is 9.08. The molecule has 5 nitrogen and oxygen atoms in total. The number of unbranched alkanes of at least 4 members (excludes halogenated alkanes) is 2. The monoisotopic (exact) mass is 478 g/mol. The van der Waals surface area contributed by atoms with Gasteiger partial charge in [-0.25, -0.2) is 4.98 Å². The smallest absolute Gasteiger partial charge is 0.402 e. The van der Waals surface area contributed by atoms with E-state index in [1.807, 2.05) is 12.3 Å². The van der Waals surface area contributed by atoms with Crippen LogP contribution < -0.4 is 10.5 Å². The predicted octanol–water partition coefficient (Wildman–Crippen LogP) is 7.10. The van der Waals surface area contributed by atoms with Crippen LogP contribution in [-0.2, 0) is 6.42 Å². The fourth-order valence-electron chi connectivity index (χ4n) is 4.57. The zero-order valence-electron chi connectivity index (χ0n) is 20.7. The Hall–Kier alpha value is -2.64. The van der Waals surface area contributed by atoms with E-state index >= 15 is 0 Å². The quantitative estimate of drug-likeness (QED) is 0.353. The lowest BCUT2D eigenvalue weighted by molar-refractivity contribution is -0.274. The van der Waals surface area contributed by atoms with Gasteiger partial charge >= 0.3 is 6.36 Å². The van der Waals surface area contributed by atoms with Gasteiger partial charge in [0.25, 0.3) is 0 Å². The molecule has 1 unspecified atom stereocenters. The van der Waals surface area contributed by atoms with E-state index in [-0.39, 0.29) is 11.9 Å². The molecule has 1 atom stereocenters. The van der Waals surface area contributed by atoms with Crippen molar-refractivity contribution in [1.82, 2.24) is 14.5 Å². The number of ether oxygens (including phenoxy) is 1. The molecule has 1 aliphatic carbocycles. The molecule has 0 aliphatic heterocycles. The van der Waals surface area contributed by atoms with Crippen LogP contribution >= 0.6 is 0 Å². The van der Waals surface area contributed by atoms with Crippen LogP contribution in [0.4, 0.5) is 19.0 Å². The van der Waals surface area contributed by atoms with Crippen LogP contribution in [0, 0.1) is 0 Å². The van der Waals surface area contributed by atoms with Gasteiger partial charge in [0.15, 0.2) is 11.6 Å². The largest absolute Gasteiger partial charge is 0.573 e. The Bertz CT molecular complexity index is 988. The molecular weight excluding hydrogens is 441 g/mol. The molecule has 0 aromatic carbocycles. The minimum atomic E-state index is -4.82. The Kier molecular flexibility index (Phi) is 8.55. The molecule has 0 radical (unpaired) electrons. The number of anilines is 1. The van der Waals surface area contributed by atoms with Crippen molar-refractivity contribution in [2.45, 2.75) is 85.0 Å². The van der Waals surface area contributed by atoms with Crippen LogP contribution in [0.5, 0.6) is 5.75 Å². The Morgan fingerprint density at radius 2 is 1.76 bits per heavy atom. The Morgan fingerprint density at radius 1 is 1.09 bits per heavy atom. The van der Waals surface area contributed by atoms with Crippen molar-refractivity contribution in [1.29, 1.82) is 0 Å². The van der Waals surface area contributed by atoms with Crippen molar-refractivity contribution < 1.29 is 17.9 Å². The maximum absolute atomic E-state index is 12.8. The standard InChI is InChI=1S/C26H37F3N4O/c1-5-8-11-32(12-9-6-2)22-15-23(18(22)4)33-17-20(13-21(33)10-7-3)19-14-24(25(30)31-16-19)34-26(27,28)29/h13-14,16-17,23H,5-12,15H2,1-4H3,(H2,30,31). The molecule has 1 aliphatic rings. The van der Waals surface area contributed by atoms with Crippen LogP contribution in [0.2, 0.25) is 0 Å². The minimum absolute atomic E-state index is 0.267. The van der Waals surface area contributed by atoms with E-state index in [1.54, 1.807) is 0 Å². The van der Waals surface area contributed by atoms with E-state index < -0.39 is 12.1 Å². The van der Waals surface area contributed by atoms with Crippen LogP contribution in [0.25, 0.3) is 11.1 Å². The summed E-state index contributed by atoms with van der Waals surface area (Å²) in [6.45, 7) is 11.0. The van der Waals surface area contributed by atoms with Crippen molar-refractivity contribution in [3.63, 3.8) is 0 Å². The normalized spacial score (nSPS) is 16.0. The zero-order valence-corrected chi connectivity index (χ0v) is 20.7. The maximum Gasteiger partial charge on any atom is 0.573 e. The van der Waals surface area contributed by atoms with Gasteiger partial charge in [0.1, 0.15) is 0 Å². The molecule has 188 valence electrons. The van der Waals surface area contributed by atoms with Gasteiger partial charge in [0, 0.05) is 54.4 Å². The number of pyridine rings is 1. The molecule has 2 aromatic heterocycles. The second kappa shape index (κ2) is 11.2. The van der Waals surface area contributed by atoms with E-state index in [4.69, 9.17) is 5.73 Å². The fourth-order valence-corrected chi connectivity index (χ4v) is 4.57. The molecule has 0 bridgehead atoms. The molecular formula is C26H37F3N4O. The summed E-state index contributed by atoms with van der Waals surface area (Å²) in [4.78, 5) is 6.49. The summed E-state index contributed by atoms with van der Waals surface area (Å²) in [5, 5.41) is 0. The second-order valence-corrected chi connectivity index (χ2v) is 9.08.